The van der Waals surface area contributed by atoms with Crippen LogP contribution < -0.4 is 10.5 Å². The van der Waals surface area contributed by atoms with E-state index >= 15 is 0 Å². The van der Waals surface area contributed by atoms with Gasteiger partial charge in [0.2, 0.25) is 0 Å². The van der Waals surface area contributed by atoms with E-state index in [1.165, 1.54) is 5.56 Å². The highest BCUT2D eigenvalue weighted by Crippen LogP contribution is 2.25. The molecule has 0 aliphatic carbocycles. The Kier molecular flexibility index (Phi) is 4.93. The molecule has 0 aliphatic rings. The van der Waals surface area contributed by atoms with Crippen molar-refractivity contribution in [2.24, 2.45) is 5.73 Å². The summed E-state index contributed by atoms with van der Waals surface area (Å²) in [6.07, 6.45) is 2.66. The molecule has 0 spiro atoms. The van der Waals surface area contributed by atoms with Crippen molar-refractivity contribution in [3.63, 3.8) is 0 Å². The second-order valence-corrected chi connectivity index (χ2v) is 4.43. The molecule has 3 heteroatoms. The van der Waals surface area contributed by atoms with Gasteiger partial charge in [0, 0.05) is 24.4 Å². The van der Waals surface area contributed by atoms with Gasteiger partial charge in [-0.1, -0.05) is 24.3 Å². The van der Waals surface area contributed by atoms with E-state index in [0.29, 0.717) is 13.2 Å². The summed E-state index contributed by atoms with van der Waals surface area (Å²) in [7, 11) is 0. The molecule has 1 unspecified atom stereocenters. The smallest absolute Gasteiger partial charge is 0.122 e. The number of nitrogens with two attached hydrogens (primary N) is 1. The molecule has 0 fully saturated rings. The third kappa shape index (κ3) is 3.55. The predicted molar refractivity (Wildman–Crippen MR) is 77.3 cm³/mol. The number of aromatic nitrogens is 1. The third-order valence-corrected chi connectivity index (χ3v) is 3.13. The van der Waals surface area contributed by atoms with Crippen LogP contribution in [0.15, 0.2) is 48.7 Å². The fourth-order valence-electron chi connectivity index (χ4n) is 2.16. The van der Waals surface area contributed by atoms with E-state index in [4.69, 9.17) is 10.5 Å². The number of benzene rings is 1. The van der Waals surface area contributed by atoms with Crippen LogP contribution in [0, 0.1) is 0 Å². The molecular formula is C16H20N2O. The van der Waals surface area contributed by atoms with Crippen LogP contribution in [0.2, 0.25) is 0 Å². The first-order chi connectivity index (χ1) is 9.35. The molecule has 2 N–H and O–H groups in total. The lowest BCUT2D eigenvalue weighted by molar-refractivity contribution is 0.335. The van der Waals surface area contributed by atoms with E-state index in [-0.39, 0.29) is 5.92 Å². The van der Waals surface area contributed by atoms with Gasteiger partial charge >= 0.3 is 0 Å². The maximum absolute atomic E-state index is 5.90. The van der Waals surface area contributed by atoms with E-state index < -0.39 is 0 Å². The van der Waals surface area contributed by atoms with Gasteiger partial charge in [0.1, 0.15) is 5.75 Å². The molecule has 19 heavy (non-hydrogen) atoms. The van der Waals surface area contributed by atoms with Gasteiger partial charge in [-0.3, -0.25) is 4.98 Å². The normalized spacial score (nSPS) is 12.1. The zero-order valence-corrected chi connectivity index (χ0v) is 11.3. The number of hydrogen-bond acceptors (Lipinski definition) is 3. The van der Waals surface area contributed by atoms with Gasteiger partial charge < -0.3 is 10.5 Å². The summed E-state index contributed by atoms with van der Waals surface area (Å²) in [6, 6.07) is 14.1. The highest BCUT2D eigenvalue weighted by Gasteiger charge is 2.14. The Morgan fingerprint density at radius 2 is 1.95 bits per heavy atom. The zero-order valence-electron chi connectivity index (χ0n) is 11.3. The molecule has 0 amide bonds. The average molecular weight is 256 g/mol. The van der Waals surface area contributed by atoms with E-state index in [1.54, 1.807) is 0 Å². The molecule has 0 aliphatic heterocycles. The first-order valence-corrected chi connectivity index (χ1v) is 6.66. The van der Waals surface area contributed by atoms with Crippen LogP contribution in [-0.4, -0.2) is 18.1 Å². The lowest BCUT2D eigenvalue weighted by Gasteiger charge is -2.16. The summed E-state index contributed by atoms with van der Waals surface area (Å²) >= 11 is 0. The summed E-state index contributed by atoms with van der Waals surface area (Å²) in [4.78, 5) is 4.40. The molecule has 0 bridgehead atoms. The van der Waals surface area contributed by atoms with Gasteiger partial charge in [-0.2, -0.15) is 0 Å². The SMILES string of the molecule is CCOc1ccccc1CC(CN)c1ccccn1. The minimum atomic E-state index is 0.225. The number of pyridine rings is 1. The molecule has 1 aromatic carbocycles. The molecule has 2 rings (SSSR count). The quantitative estimate of drug-likeness (QED) is 0.864. The van der Waals surface area contributed by atoms with E-state index in [9.17, 15) is 0 Å². The third-order valence-electron chi connectivity index (χ3n) is 3.13. The van der Waals surface area contributed by atoms with E-state index in [1.807, 2.05) is 49.5 Å². The van der Waals surface area contributed by atoms with E-state index in [2.05, 4.69) is 11.1 Å². The average Bonchev–Trinajstić information content (AvgIpc) is 2.47. The highest BCUT2D eigenvalue weighted by atomic mass is 16.5. The highest BCUT2D eigenvalue weighted by molar-refractivity contribution is 5.35. The van der Waals surface area contributed by atoms with Crippen molar-refractivity contribution in [3.8, 4) is 5.75 Å². The standard InChI is InChI=1S/C16H20N2O/c1-2-19-16-9-4-3-7-13(16)11-14(12-17)15-8-5-6-10-18-15/h3-10,14H,2,11-12,17H2,1H3. The summed E-state index contributed by atoms with van der Waals surface area (Å²) in [5.41, 5.74) is 8.12. The number of ether oxygens (including phenoxy) is 1. The molecule has 1 aromatic heterocycles. The first-order valence-electron chi connectivity index (χ1n) is 6.66. The number of para-hydroxylation sites is 1. The van der Waals surface area contributed by atoms with Gasteiger partial charge in [0.15, 0.2) is 0 Å². The molecule has 2 aromatic rings. The van der Waals surface area contributed by atoms with Crippen LogP contribution in [0.3, 0.4) is 0 Å². The summed E-state index contributed by atoms with van der Waals surface area (Å²) < 4.78 is 5.66. The van der Waals surface area contributed by atoms with Crippen LogP contribution in [-0.2, 0) is 6.42 Å². The van der Waals surface area contributed by atoms with E-state index in [0.717, 1.165) is 17.9 Å². The molecule has 1 atom stereocenters. The Morgan fingerprint density at radius 1 is 1.16 bits per heavy atom. The van der Waals surface area contributed by atoms with Crippen LogP contribution in [0.1, 0.15) is 24.1 Å². The number of hydrogen-bond donors (Lipinski definition) is 1. The molecular weight excluding hydrogens is 236 g/mol. The van der Waals surface area contributed by atoms with Crippen molar-refractivity contribution < 1.29 is 4.74 Å². The zero-order chi connectivity index (χ0) is 13.5. The fraction of sp³-hybridized carbons (Fsp3) is 0.312. The molecule has 0 saturated carbocycles. The Bertz CT molecular complexity index is 499. The molecule has 100 valence electrons. The number of rotatable bonds is 6. The summed E-state index contributed by atoms with van der Waals surface area (Å²) in [5, 5.41) is 0. The minimum Gasteiger partial charge on any atom is -0.494 e. The molecule has 0 radical (unpaired) electrons. The van der Waals surface area contributed by atoms with Gasteiger partial charge in [0.25, 0.3) is 0 Å². The lowest BCUT2D eigenvalue weighted by atomic mass is 9.95. The largest absolute Gasteiger partial charge is 0.494 e. The summed E-state index contributed by atoms with van der Waals surface area (Å²) in [5.74, 6) is 1.17. The minimum absolute atomic E-state index is 0.225. The topological polar surface area (TPSA) is 48.1 Å². The molecule has 0 saturated heterocycles. The van der Waals surface area contributed by atoms with Crippen molar-refractivity contribution in [1.82, 2.24) is 4.98 Å². The monoisotopic (exact) mass is 256 g/mol. The Labute approximate surface area is 114 Å². The van der Waals surface area contributed by atoms with Crippen molar-refractivity contribution in [3.05, 3.63) is 59.9 Å². The van der Waals surface area contributed by atoms with Crippen molar-refractivity contribution in [2.45, 2.75) is 19.3 Å². The van der Waals surface area contributed by atoms with Crippen LogP contribution >= 0.6 is 0 Å². The van der Waals surface area contributed by atoms with Gasteiger partial charge in [-0.25, -0.2) is 0 Å². The molecule has 3 nitrogen and oxygen atoms in total. The second-order valence-electron chi connectivity index (χ2n) is 4.43. The Hall–Kier alpha value is -1.87. The number of nitrogens with zero attached hydrogens (tertiary/aromatic N) is 1. The van der Waals surface area contributed by atoms with Crippen LogP contribution in [0.4, 0.5) is 0 Å². The van der Waals surface area contributed by atoms with Crippen LogP contribution in [0.5, 0.6) is 5.75 Å². The Morgan fingerprint density at radius 3 is 2.63 bits per heavy atom. The van der Waals surface area contributed by atoms with Gasteiger partial charge in [0.05, 0.1) is 6.61 Å². The van der Waals surface area contributed by atoms with Gasteiger partial charge in [-0.05, 0) is 37.1 Å². The van der Waals surface area contributed by atoms with Crippen molar-refractivity contribution in [1.29, 1.82) is 0 Å². The fourth-order valence-corrected chi connectivity index (χ4v) is 2.16. The first kappa shape index (κ1) is 13.6. The predicted octanol–water partition coefficient (Wildman–Crippen LogP) is 2.77. The van der Waals surface area contributed by atoms with Crippen molar-refractivity contribution in [2.75, 3.05) is 13.2 Å². The maximum atomic E-state index is 5.90. The van der Waals surface area contributed by atoms with Crippen LogP contribution in [0.25, 0.3) is 0 Å². The molecule has 1 heterocycles. The lowest BCUT2D eigenvalue weighted by Crippen LogP contribution is -2.16. The summed E-state index contributed by atoms with van der Waals surface area (Å²) in [6.45, 7) is 3.25. The second kappa shape index (κ2) is 6.90. The Balaban J connectivity index is 2.19. The maximum Gasteiger partial charge on any atom is 0.122 e. The van der Waals surface area contributed by atoms with Gasteiger partial charge in [-0.15, -0.1) is 0 Å². The van der Waals surface area contributed by atoms with Crippen molar-refractivity contribution >= 4 is 0 Å².